The van der Waals surface area contributed by atoms with Crippen molar-refractivity contribution in [1.29, 1.82) is 0 Å². The Morgan fingerprint density at radius 1 is 1.05 bits per heavy atom. The number of likely N-dealkylation sites (tertiary alicyclic amines) is 1. The van der Waals surface area contributed by atoms with Gasteiger partial charge < -0.3 is 19.5 Å². The van der Waals surface area contributed by atoms with Crippen molar-refractivity contribution in [3.63, 3.8) is 0 Å². The smallest absolute Gasteiger partial charge is 0.410 e. The summed E-state index contributed by atoms with van der Waals surface area (Å²) in [6.45, 7) is 2.42. The van der Waals surface area contributed by atoms with Gasteiger partial charge in [0.25, 0.3) is 0 Å². The number of aliphatic hydroxyl groups excluding tert-OH is 1. The van der Waals surface area contributed by atoms with Gasteiger partial charge in [-0.25, -0.2) is 18.0 Å². The maximum Gasteiger partial charge on any atom is 0.410 e. The molecule has 40 heavy (non-hydrogen) atoms. The van der Waals surface area contributed by atoms with Crippen LogP contribution in [0.3, 0.4) is 0 Å². The second kappa shape index (κ2) is 10.6. The number of aliphatic hydroxyl groups is 1. The summed E-state index contributed by atoms with van der Waals surface area (Å²) >= 11 is 6.62. The van der Waals surface area contributed by atoms with Crippen LogP contribution in [0, 0.1) is 6.92 Å². The quantitative estimate of drug-likeness (QED) is 0.384. The molecule has 1 spiro atoms. The van der Waals surface area contributed by atoms with E-state index in [1.165, 1.54) is 11.0 Å². The van der Waals surface area contributed by atoms with Crippen molar-refractivity contribution in [2.45, 2.75) is 36.9 Å². The van der Waals surface area contributed by atoms with Crippen LogP contribution in [0.2, 0.25) is 5.02 Å². The van der Waals surface area contributed by atoms with Crippen molar-refractivity contribution >= 4 is 39.1 Å². The number of nitrogens with zero attached hydrogens (tertiary/aromatic N) is 1. The van der Waals surface area contributed by atoms with Crippen LogP contribution in [-0.2, 0) is 30.7 Å². The van der Waals surface area contributed by atoms with Crippen molar-refractivity contribution in [1.82, 2.24) is 4.90 Å². The van der Waals surface area contributed by atoms with Gasteiger partial charge in [-0.2, -0.15) is 0 Å². The van der Waals surface area contributed by atoms with Gasteiger partial charge in [-0.1, -0.05) is 54.1 Å². The number of amides is 1. The lowest BCUT2D eigenvalue weighted by atomic mass is 9.87. The predicted octanol–water partition coefficient (Wildman–Crippen LogP) is 5.72. The fraction of sp³-hybridized carbons (Fsp3) is 0.267. The highest BCUT2D eigenvalue weighted by atomic mass is 35.5. The average Bonchev–Trinajstić information content (AvgIpc) is 3.17. The number of sulfone groups is 1. The fourth-order valence-corrected chi connectivity index (χ4v) is 6.04. The molecule has 1 amide bonds. The van der Waals surface area contributed by atoms with Crippen LogP contribution in [0.15, 0.2) is 77.4 Å². The van der Waals surface area contributed by atoms with E-state index in [-0.39, 0.29) is 53.8 Å². The fourth-order valence-electron chi connectivity index (χ4n) is 5.11. The average molecular weight is 582 g/mol. The minimum Gasteiger partial charge on any atom is -0.507 e. The van der Waals surface area contributed by atoms with Crippen molar-refractivity contribution in [3.05, 3.63) is 94.2 Å². The van der Waals surface area contributed by atoms with Crippen molar-refractivity contribution in [2.24, 2.45) is 0 Å². The topological polar surface area (TPSA) is 110 Å². The summed E-state index contributed by atoms with van der Waals surface area (Å²) in [4.78, 5) is 27.3. The van der Waals surface area contributed by atoms with Crippen molar-refractivity contribution in [3.8, 4) is 11.1 Å². The van der Waals surface area contributed by atoms with Gasteiger partial charge in [0.2, 0.25) is 0 Å². The summed E-state index contributed by atoms with van der Waals surface area (Å²) in [6.07, 6.45) is 1.11. The molecule has 0 saturated carbocycles. The second-order valence-electron chi connectivity index (χ2n) is 10.1. The third kappa shape index (κ3) is 5.31. The van der Waals surface area contributed by atoms with E-state index in [0.717, 1.165) is 11.8 Å². The molecule has 0 bridgehead atoms. The first-order valence-electron chi connectivity index (χ1n) is 12.7. The highest BCUT2D eigenvalue weighted by Gasteiger charge is 2.51. The third-order valence-corrected chi connectivity index (χ3v) is 8.77. The number of ether oxygens (including phenoxy) is 2. The summed E-state index contributed by atoms with van der Waals surface area (Å²) in [5.74, 6) is -0.843. The number of piperidine rings is 1. The molecule has 0 aliphatic carbocycles. The summed E-state index contributed by atoms with van der Waals surface area (Å²) in [7, 11) is -3.41. The maximum atomic E-state index is 13.1. The lowest BCUT2D eigenvalue weighted by Gasteiger charge is -2.37. The normalized spacial score (nSPS) is 16.8. The zero-order chi connectivity index (χ0) is 28.7. The van der Waals surface area contributed by atoms with E-state index in [9.17, 15) is 23.1 Å². The van der Waals surface area contributed by atoms with E-state index >= 15 is 0 Å². The molecule has 0 aromatic heterocycles. The van der Waals surface area contributed by atoms with Gasteiger partial charge in [0, 0.05) is 42.8 Å². The lowest BCUT2D eigenvalue weighted by molar-refractivity contribution is -0.150. The molecule has 1 fully saturated rings. The molecule has 5 rings (SSSR count). The number of aryl methyl sites for hydroxylation is 1. The number of hydrogen-bond acceptors (Lipinski definition) is 7. The Kier molecular flexibility index (Phi) is 7.37. The summed E-state index contributed by atoms with van der Waals surface area (Å²) in [5, 5.41) is 11.6. The molecule has 3 aromatic rings. The van der Waals surface area contributed by atoms with Gasteiger partial charge in [-0.05, 0) is 53.4 Å². The highest BCUT2D eigenvalue weighted by Crippen LogP contribution is 2.45. The van der Waals surface area contributed by atoms with E-state index in [1.807, 2.05) is 30.3 Å². The molecule has 1 saturated heterocycles. The Labute approximate surface area is 237 Å². The van der Waals surface area contributed by atoms with Crippen molar-refractivity contribution < 1.29 is 32.6 Å². The molecule has 0 atom stereocenters. The number of rotatable bonds is 5. The molecule has 0 unspecified atom stereocenters. The number of carbonyl (C=O) groups excluding carboxylic acids is 2. The molecule has 2 heterocycles. The summed E-state index contributed by atoms with van der Waals surface area (Å²) in [5.41, 5.74) is 1.97. The Balaban J connectivity index is 1.36. The number of hydrogen-bond donors (Lipinski definition) is 1. The Bertz CT molecular complexity index is 1620. The molecule has 10 heteroatoms. The van der Waals surface area contributed by atoms with Crippen LogP contribution >= 0.6 is 11.6 Å². The first kappa shape index (κ1) is 27.7. The molecular formula is C30H28ClNO7S. The van der Waals surface area contributed by atoms with Crippen LogP contribution in [0.1, 0.15) is 29.5 Å². The Hall–Kier alpha value is -3.82. The molecular weight excluding hydrogens is 554 g/mol. The van der Waals surface area contributed by atoms with Crippen molar-refractivity contribution in [2.75, 3.05) is 19.3 Å². The SMILES string of the molecule is Cc1cc(-c2cccc(S(C)(=O)=O)c2)c(Cl)cc1C1=C(O)C2(CCN(C(=O)OCc3ccccc3)CC2)OC1=O. The lowest BCUT2D eigenvalue weighted by Crippen LogP contribution is -2.48. The minimum atomic E-state index is -3.41. The Morgan fingerprint density at radius 2 is 1.75 bits per heavy atom. The van der Waals surface area contributed by atoms with Gasteiger partial charge in [0.15, 0.2) is 21.2 Å². The molecule has 1 N–H and O–H groups in total. The first-order chi connectivity index (χ1) is 19.0. The Morgan fingerprint density at radius 3 is 2.42 bits per heavy atom. The number of carbonyl (C=O) groups is 2. The summed E-state index contributed by atoms with van der Waals surface area (Å²) < 4.78 is 35.2. The van der Waals surface area contributed by atoms with Crippen LogP contribution < -0.4 is 0 Å². The minimum absolute atomic E-state index is 0.0379. The van der Waals surface area contributed by atoms with Gasteiger partial charge in [0.05, 0.1) is 4.90 Å². The van der Waals surface area contributed by atoms with Gasteiger partial charge in [0.1, 0.15) is 12.2 Å². The van der Waals surface area contributed by atoms with E-state index in [0.29, 0.717) is 22.3 Å². The monoisotopic (exact) mass is 581 g/mol. The summed E-state index contributed by atoms with van der Waals surface area (Å²) in [6, 6.07) is 19.2. The van der Waals surface area contributed by atoms with E-state index in [2.05, 4.69) is 0 Å². The zero-order valence-corrected chi connectivity index (χ0v) is 23.6. The standard InChI is InChI=1S/C30H28ClNO7S/c1-19-15-24(21-9-6-10-22(16-21)40(2,36)37)25(31)17-23(19)26-27(33)30(39-28(26)34)11-13-32(14-12-30)29(35)38-18-20-7-4-3-5-8-20/h3-10,15-17,33H,11-14,18H2,1-2H3. The molecule has 8 nitrogen and oxygen atoms in total. The third-order valence-electron chi connectivity index (χ3n) is 7.35. The van der Waals surface area contributed by atoms with Crippen LogP contribution in [-0.4, -0.2) is 55.4 Å². The van der Waals surface area contributed by atoms with Gasteiger partial charge >= 0.3 is 12.1 Å². The van der Waals surface area contributed by atoms with Gasteiger partial charge in [-0.3, -0.25) is 0 Å². The molecule has 3 aromatic carbocycles. The largest absolute Gasteiger partial charge is 0.507 e. The van der Waals surface area contributed by atoms with Crippen LogP contribution in [0.5, 0.6) is 0 Å². The van der Waals surface area contributed by atoms with E-state index in [4.69, 9.17) is 21.1 Å². The van der Waals surface area contributed by atoms with Crippen LogP contribution in [0.4, 0.5) is 4.79 Å². The maximum absolute atomic E-state index is 13.1. The molecule has 2 aliphatic heterocycles. The highest BCUT2D eigenvalue weighted by molar-refractivity contribution is 7.90. The van der Waals surface area contributed by atoms with Gasteiger partial charge in [-0.15, -0.1) is 0 Å². The number of esters is 1. The molecule has 208 valence electrons. The number of benzene rings is 3. The first-order valence-corrected chi connectivity index (χ1v) is 15.0. The molecule has 0 radical (unpaired) electrons. The predicted molar refractivity (Wildman–Crippen MR) is 151 cm³/mol. The van der Waals surface area contributed by atoms with E-state index in [1.54, 1.807) is 37.3 Å². The van der Waals surface area contributed by atoms with E-state index < -0.39 is 27.5 Å². The second-order valence-corrected chi connectivity index (χ2v) is 12.5. The van der Waals surface area contributed by atoms with Crippen LogP contribution in [0.25, 0.3) is 16.7 Å². The number of halogens is 1. The zero-order valence-electron chi connectivity index (χ0n) is 22.0. The molecule has 2 aliphatic rings.